The second-order valence-corrected chi connectivity index (χ2v) is 5.81. The number of rotatable bonds is 4. The standard InChI is InChI=1S/C19H15F3N2O3/c1-27-17(26)18(19(20,21)22,24-16(25)12-7-3-2-4-8-12)14-11-23-15-10-6-5-9-13(14)15/h2-11,23H,1H3,(H,24,25). The number of para-hydroxylation sites is 1. The van der Waals surface area contributed by atoms with Gasteiger partial charge in [0.1, 0.15) is 0 Å². The third-order valence-corrected chi connectivity index (χ3v) is 4.25. The van der Waals surface area contributed by atoms with E-state index in [2.05, 4.69) is 9.72 Å². The van der Waals surface area contributed by atoms with Gasteiger partial charge >= 0.3 is 12.1 Å². The number of carbonyl (C=O) groups is 2. The normalized spacial score (nSPS) is 13.8. The molecule has 5 nitrogen and oxygen atoms in total. The number of hydrogen-bond donors (Lipinski definition) is 2. The first-order valence-corrected chi connectivity index (χ1v) is 7.90. The summed E-state index contributed by atoms with van der Waals surface area (Å²) in [5.74, 6) is -2.69. The molecule has 8 heteroatoms. The molecule has 0 aliphatic rings. The van der Waals surface area contributed by atoms with E-state index in [0.717, 1.165) is 13.3 Å². The van der Waals surface area contributed by atoms with Crippen molar-refractivity contribution < 1.29 is 27.5 Å². The highest BCUT2D eigenvalue weighted by Crippen LogP contribution is 2.43. The summed E-state index contributed by atoms with van der Waals surface area (Å²) in [4.78, 5) is 27.6. The van der Waals surface area contributed by atoms with Gasteiger partial charge in [0, 0.05) is 28.2 Å². The molecule has 0 radical (unpaired) electrons. The van der Waals surface area contributed by atoms with Gasteiger partial charge < -0.3 is 15.0 Å². The van der Waals surface area contributed by atoms with Gasteiger partial charge in [-0.05, 0) is 18.2 Å². The lowest BCUT2D eigenvalue weighted by Gasteiger charge is -2.33. The molecule has 0 fully saturated rings. The number of amides is 1. The lowest BCUT2D eigenvalue weighted by molar-refractivity contribution is -0.212. The van der Waals surface area contributed by atoms with Gasteiger partial charge in [-0.3, -0.25) is 4.79 Å². The van der Waals surface area contributed by atoms with Crippen LogP contribution in [0.25, 0.3) is 10.9 Å². The van der Waals surface area contributed by atoms with E-state index in [0.29, 0.717) is 5.52 Å². The van der Waals surface area contributed by atoms with Gasteiger partial charge in [0.05, 0.1) is 7.11 Å². The Morgan fingerprint density at radius 1 is 1.00 bits per heavy atom. The molecule has 140 valence electrons. The molecule has 1 aromatic heterocycles. The lowest BCUT2D eigenvalue weighted by Crippen LogP contribution is -2.61. The van der Waals surface area contributed by atoms with Crippen LogP contribution < -0.4 is 5.32 Å². The zero-order valence-electron chi connectivity index (χ0n) is 14.1. The highest BCUT2D eigenvalue weighted by molar-refractivity contribution is 6.01. The van der Waals surface area contributed by atoms with E-state index in [1.807, 2.05) is 5.32 Å². The van der Waals surface area contributed by atoms with E-state index >= 15 is 0 Å². The fraction of sp³-hybridized carbons (Fsp3) is 0.158. The largest absolute Gasteiger partial charge is 0.467 e. The molecule has 1 unspecified atom stereocenters. The molecule has 0 saturated carbocycles. The van der Waals surface area contributed by atoms with Crippen molar-refractivity contribution in [2.24, 2.45) is 0 Å². The zero-order valence-corrected chi connectivity index (χ0v) is 14.1. The van der Waals surface area contributed by atoms with Crippen LogP contribution in [0.4, 0.5) is 13.2 Å². The first-order chi connectivity index (χ1) is 12.8. The van der Waals surface area contributed by atoms with Crippen molar-refractivity contribution in [3.05, 3.63) is 71.9 Å². The summed E-state index contributed by atoms with van der Waals surface area (Å²) in [5, 5.41) is 2.02. The maximum Gasteiger partial charge on any atom is 0.426 e. The molecule has 0 bridgehead atoms. The monoisotopic (exact) mass is 376 g/mol. The van der Waals surface area contributed by atoms with Crippen LogP contribution >= 0.6 is 0 Å². The van der Waals surface area contributed by atoms with E-state index in [1.54, 1.807) is 18.2 Å². The molecular weight excluding hydrogens is 361 g/mol. The van der Waals surface area contributed by atoms with E-state index in [-0.39, 0.29) is 10.9 Å². The van der Waals surface area contributed by atoms with Crippen LogP contribution in [0.2, 0.25) is 0 Å². The van der Waals surface area contributed by atoms with Crippen molar-refractivity contribution in [1.82, 2.24) is 10.3 Å². The number of esters is 1. The topological polar surface area (TPSA) is 71.2 Å². The Bertz CT molecular complexity index is 983. The molecule has 0 aliphatic carbocycles. The first-order valence-electron chi connectivity index (χ1n) is 7.90. The average Bonchev–Trinajstić information content (AvgIpc) is 3.09. The molecule has 1 amide bonds. The van der Waals surface area contributed by atoms with Gasteiger partial charge in [-0.25, -0.2) is 4.79 Å². The minimum Gasteiger partial charge on any atom is -0.467 e. The summed E-state index contributed by atoms with van der Waals surface area (Å²) in [6.07, 6.45) is -4.10. The number of fused-ring (bicyclic) bond motifs is 1. The van der Waals surface area contributed by atoms with E-state index in [4.69, 9.17) is 0 Å². The molecule has 1 heterocycles. The Hall–Kier alpha value is -3.29. The summed E-state index contributed by atoms with van der Waals surface area (Å²) in [6, 6.07) is 13.5. The molecule has 2 N–H and O–H groups in total. The molecule has 2 aromatic carbocycles. The van der Waals surface area contributed by atoms with Crippen LogP contribution in [0.1, 0.15) is 15.9 Å². The minimum absolute atomic E-state index is 0.0186. The quantitative estimate of drug-likeness (QED) is 0.685. The number of aromatic nitrogens is 1. The van der Waals surface area contributed by atoms with Gasteiger partial charge in [-0.2, -0.15) is 13.2 Å². The van der Waals surface area contributed by atoms with Crippen LogP contribution in [0, 0.1) is 0 Å². The Morgan fingerprint density at radius 2 is 1.63 bits per heavy atom. The molecular formula is C19H15F3N2O3. The first kappa shape index (κ1) is 18.5. The van der Waals surface area contributed by atoms with Crippen molar-refractivity contribution in [2.75, 3.05) is 7.11 Å². The summed E-state index contributed by atoms with van der Waals surface area (Å²) < 4.78 is 47.2. The predicted octanol–water partition coefficient (Wildman–Crippen LogP) is 3.53. The molecule has 27 heavy (non-hydrogen) atoms. The zero-order chi connectivity index (χ0) is 19.7. The minimum atomic E-state index is -5.16. The Morgan fingerprint density at radius 3 is 2.26 bits per heavy atom. The number of carbonyl (C=O) groups excluding carboxylic acids is 2. The SMILES string of the molecule is COC(=O)C(NC(=O)c1ccccc1)(c1c[nH]c2ccccc12)C(F)(F)F. The predicted molar refractivity (Wildman–Crippen MR) is 92.0 cm³/mol. The third-order valence-electron chi connectivity index (χ3n) is 4.25. The van der Waals surface area contributed by atoms with Crippen molar-refractivity contribution in [3.8, 4) is 0 Å². The number of nitrogens with one attached hydrogen (secondary N) is 2. The number of ether oxygens (including phenoxy) is 1. The Labute approximate surface area is 152 Å². The van der Waals surface area contributed by atoms with Gasteiger partial charge in [0.25, 0.3) is 11.4 Å². The van der Waals surface area contributed by atoms with Crippen LogP contribution in [0.15, 0.2) is 60.8 Å². The molecule has 0 aliphatic heterocycles. The molecule has 0 spiro atoms. The van der Waals surface area contributed by atoms with Crippen LogP contribution in [0.5, 0.6) is 0 Å². The second-order valence-electron chi connectivity index (χ2n) is 5.81. The highest BCUT2D eigenvalue weighted by atomic mass is 19.4. The van der Waals surface area contributed by atoms with Crippen LogP contribution in [-0.4, -0.2) is 30.1 Å². The van der Waals surface area contributed by atoms with Gasteiger partial charge in [0.2, 0.25) is 0 Å². The molecule has 3 rings (SSSR count). The highest BCUT2D eigenvalue weighted by Gasteiger charge is 2.64. The van der Waals surface area contributed by atoms with Gasteiger partial charge in [0.15, 0.2) is 0 Å². The smallest absolute Gasteiger partial charge is 0.426 e. The number of alkyl halides is 3. The molecule has 1 atom stereocenters. The second kappa shape index (κ2) is 6.79. The Kier molecular flexibility index (Phi) is 4.65. The number of methoxy groups -OCH3 is 1. The maximum absolute atomic E-state index is 14.3. The van der Waals surface area contributed by atoms with Crippen molar-refractivity contribution in [3.63, 3.8) is 0 Å². The molecule has 0 saturated heterocycles. The third kappa shape index (κ3) is 3.03. The summed E-state index contributed by atoms with van der Waals surface area (Å²) in [6.45, 7) is 0. The number of aromatic amines is 1. The summed E-state index contributed by atoms with van der Waals surface area (Å²) >= 11 is 0. The van der Waals surface area contributed by atoms with Gasteiger partial charge in [-0.15, -0.1) is 0 Å². The fourth-order valence-corrected chi connectivity index (χ4v) is 2.93. The summed E-state index contributed by atoms with van der Waals surface area (Å²) in [7, 11) is 0.840. The van der Waals surface area contributed by atoms with Crippen molar-refractivity contribution >= 4 is 22.8 Å². The Balaban J connectivity index is 2.23. The fourth-order valence-electron chi connectivity index (χ4n) is 2.93. The summed E-state index contributed by atoms with van der Waals surface area (Å²) in [5.41, 5.74) is -3.44. The average molecular weight is 376 g/mol. The van der Waals surface area contributed by atoms with Crippen molar-refractivity contribution in [1.29, 1.82) is 0 Å². The van der Waals surface area contributed by atoms with Crippen LogP contribution in [0.3, 0.4) is 0 Å². The number of hydrogen-bond acceptors (Lipinski definition) is 3. The van der Waals surface area contributed by atoms with E-state index in [1.165, 1.54) is 36.4 Å². The van der Waals surface area contributed by atoms with Crippen molar-refractivity contribution in [2.45, 2.75) is 11.7 Å². The molecule has 3 aromatic rings. The number of benzene rings is 2. The lowest BCUT2D eigenvalue weighted by atomic mass is 9.88. The van der Waals surface area contributed by atoms with E-state index in [9.17, 15) is 22.8 Å². The van der Waals surface area contributed by atoms with Gasteiger partial charge in [-0.1, -0.05) is 36.4 Å². The number of halogens is 3. The van der Waals surface area contributed by atoms with E-state index < -0.39 is 29.2 Å². The maximum atomic E-state index is 14.3. The van der Waals surface area contributed by atoms with Crippen LogP contribution in [-0.2, 0) is 15.1 Å². The number of H-pyrrole nitrogens is 1.